The Labute approximate surface area is 124 Å². The third kappa shape index (κ3) is 4.63. The van der Waals surface area contributed by atoms with Gasteiger partial charge in [0.05, 0.1) is 11.5 Å². The van der Waals surface area contributed by atoms with Gasteiger partial charge in [0.2, 0.25) is 0 Å². The molecule has 0 saturated carbocycles. The van der Waals surface area contributed by atoms with Gasteiger partial charge in [-0.05, 0) is 31.5 Å². The summed E-state index contributed by atoms with van der Waals surface area (Å²) in [5.74, 6) is -2.44. The first-order valence-corrected chi connectivity index (χ1v) is 6.68. The molecule has 0 heterocycles. The van der Waals surface area contributed by atoms with E-state index in [1.807, 2.05) is 18.7 Å². The average molecular weight is 291 g/mol. The van der Waals surface area contributed by atoms with Crippen molar-refractivity contribution in [2.24, 2.45) is 5.92 Å². The smallest absolute Gasteiger partial charge is 0.335 e. The monoisotopic (exact) mass is 291 g/mol. The summed E-state index contributed by atoms with van der Waals surface area (Å²) in [6, 6.07) is 4.85. The number of hydrogen-bond acceptors (Lipinski definition) is 3. The number of nitrogens with zero attached hydrogens (tertiary/aromatic N) is 1. The number of carbonyl (C=O) groups is 2. The first-order valence-electron chi connectivity index (χ1n) is 6.68. The van der Waals surface area contributed by atoms with Crippen LogP contribution in [-0.2, 0) is 4.79 Å². The second kappa shape index (κ2) is 6.92. The van der Waals surface area contributed by atoms with Crippen molar-refractivity contribution in [2.75, 3.05) is 18.0 Å². The Bertz CT molecular complexity index is 565. The van der Waals surface area contributed by atoms with Crippen LogP contribution in [0.1, 0.15) is 29.8 Å². The molecule has 0 aliphatic heterocycles. The van der Waals surface area contributed by atoms with Crippen molar-refractivity contribution in [2.45, 2.75) is 20.8 Å². The summed E-state index contributed by atoms with van der Waals surface area (Å²) in [4.78, 5) is 24.0. The van der Waals surface area contributed by atoms with E-state index in [0.29, 0.717) is 13.1 Å². The fourth-order valence-corrected chi connectivity index (χ4v) is 2.07. The molecule has 0 aliphatic rings. The molecule has 0 bridgehead atoms. The normalized spacial score (nSPS) is 11.8. The van der Waals surface area contributed by atoms with Crippen molar-refractivity contribution >= 4 is 17.6 Å². The minimum absolute atomic E-state index is 0.185. The molecule has 0 fully saturated rings. The van der Waals surface area contributed by atoms with Gasteiger partial charge >= 0.3 is 11.9 Å². The standard InChI is InChI=1S/C16H21NO4/c1-10(2)8-17(9-12(4)15(18)19)14-7-13(16(20)21)6-5-11(14)3/h5-7,12H,1,8-9H2,2-4H3,(H,18,19)(H,20,21). The van der Waals surface area contributed by atoms with E-state index in [0.717, 1.165) is 16.8 Å². The molecule has 114 valence electrons. The molecule has 21 heavy (non-hydrogen) atoms. The second-order valence-corrected chi connectivity index (χ2v) is 5.38. The summed E-state index contributed by atoms with van der Waals surface area (Å²) in [5, 5.41) is 18.2. The van der Waals surface area contributed by atoms with Gasteiger partial charge in [0.25, 0.3) is 0 Å². The average Bonchev–Trinajstić information content (AvgIpc) is 2.37. The Morgan fingerprint density at radius 2 is 1.95 bits per heavy atom. The molecule has 0 saturated heterocycles. The SMILES string of the molecule is C=C(C)CN(CC(C)C(=O)O)c1cc(C(=O)O)ccc1C. The van der Waals surface area contributed by atoms with Crippen LogP contribution in [0, 0.1) is 12.8 Å². The van der Waals surface area contributed by atoms with Gasteiger partial charge in [-0.1, -0.05) is 25.1 Å². The Balaban J connectivity index is 3.18. The second-order valence-electron chi connectivity index (χ2n) is 5.38. The maximum Gasteiger partial charge on any atom is 0.335 e. The highest BCUT2D eigenvalue weighted by Crippen LogP contribution is 2.24. The number of aryl methyl sites for hydroxylation is 1. The number of hydrogen-bond donors (Lipinski definition) is 2. The van der Waals surface area contributed by atoms with Gasteiger partial charge in [-0.2, -0.15) is 0 Å². The molecule has 0 radical (unpaired) electrons. The fraction of sp³-hybridized carbons (Fsp3) is 0.375. The maximum atomic E-state index is 11.1. The van der Waals surface area contributed by atoms with Crippen LogP contribution in [0.2, 0.25) is 0 Å². The molecule has 1 unspecified atom stereocenters. The number of aliphatic carboxylic acids is 1. The molecule has 5 heteroatoms. The van der Waals surface area contributed by atoms with Crippen LogP contribution in [-0.4, -0.2) is 35.2 Å². The lowest BCUT2D eigenvalue weighted by Crippen LogP contribution is -2.33. The number of carboxylic acids is 2. The van der Waals surface area contributed by atoms with Crippen LogP contribution >= 0.6 is 0 Å². The molecule has 0 aromatic heterocycles. The van der Waals surface area contributed by atoms with Crippen LogP contribution in [0.5, 0.6) is 0 Å². The van der Waals surface area contributed by atoms with Crippen LogP contribution in [0.4, 0.5) is 5.69 Å². The summed E-state index contributed by atoms with van der Waals surface area (Å²) in [7, 11) is 0. The summed E-state index contributed by atoms with van der Waals surface area (Å²) >= 11 is 0. The van der Waals surface area contributed by atoms with E-state index in [1.54, 1.807) is 25.1 Å². The summed E-state index contributed by atoms with van der Waals surface area (Å²) in [6.45, 7) is 10.00. The summed E-state index contributed by atoms with van der Waals surface area (Å²) in [5.41, 5.74) is 2.70. The predicted octanol–water partition coefficient (Wildman–Crippen LogP) is 2.80. The van der Waals surface area contributed by atoms with Crippen molar-refractivity contribution in [3.05, 3.63) is 41.5 Å². The molecule has 5 nitrogen and oxygen atoms in total. The minimum Gasteiger partial charge on any atom is -0.481 e. The lowest BCUT2D eigenvalue weighted by molar-refractivity contribution is -0.140. The Kier molecular flexibility index (Phi) is 5.52. The van der Waals surface area contributed by atoms with E-state index in [-0.39, 0.29) is 5.56 Å². The quantitative estimate of drug-likeness (QED) is 0.755. The third-order valence-electron chi connectivity index (χ3n) is 3.17. The lowest BCUT2D eigenvalue weighted by atomic mass is 10.1. The molecule has 1 rings (SSSR count). The highest BCUT2D eigenvalue weighted by atomic mass is 16.4. The van der Waals surface area contributed by atoms with Gasteiger partial charge in [-0.25, -0.2) is 4.79 Å². The van der Waals surface area contributed by atoms with Crippen LogP contribution in [0.15, 0.2) is 30.4 Å². The van der Waals surface area contributed by atoms with E-state index in [2.05, 4.69) is 6.58 Å². The van der Waals surface area contributed by atoms with Crippen molar-refractivity contribution < 1.29 is 19.8 Å². The Hall–Kier alpha value is -2.30. The van der Waals surface area contributed by atoms with E-state index in [1.165, 1.54) is 0 Å². The van der Waals surface area contributed by atoms with Gasteiger partial charge in [-0.3, -0.25) is 4.79 Å². The molecule has 0 spiro atoms. The molecular weight excluding hydrogens is 270 g/mol. The lowest BCUT2D eigenvalue weighted by Gasteiger charge is -2.28. The Morgan fingerprint density at radius 1 is 1.33 bits per heavy atom. The molecule has 0 aliphatic carbocycles. The van der Waals surface area contributed by atoms with Gasteiger partial charge < -0.3 is 15.1 Å². The summed E-state index contributed by atoms with van der Waals surface area (Å²) < 4.78 is 0. The first kappa shape index (κ1) is 16.8. The van der Waals surface area contributed by atoms with Gasteiger partial charge in [0.1, 0.15) is 0 Å². The molecule has 2 N–H and O–H groups in total. The van der Waals surface area contributed by atoms with Crippen LogP contribution in [0.25, 0.3) is 0 Å². The van der Waals surface area contributed by atoms with Gasteiger partial charge in [-0.15, -0.1) is 0 Å². The molecule has 1 aromatic carbocycles. The largest absolute Gasteiger partial charge is 0.481 e. The zero-order valence-electron chi connectivity index (χ0n) is 12.6. The maximum absolute atomic E-state index is 11.1. The first-order chi connectivity index (χ1) is 9.72. The predicted molar refractivity (Wildman–Crippen MR) is 82.0 cm³/mol. The number of benzene rings is 1. The minimum atomic E-state index is -1.00. The highest BCUT2D eigenvalue weighted by molar-refractivity contribution is 5.89. The molecule has 1 atom stereocenters. The highest BCUT2D eigenvalue weighted by Gasteiger charge is 2.19. The van der Waals surface area contributed by atoms with E-state index in [9.17, 15) is 9.59 Å². The van der Waals surface area contributed by atoms with E-state index in [4.69, 9.17) is 10.2 Å². The van der Waals surface area contributed by atoms with Gasteiger partial charge in [0.15, 0.2) is 0 Å². The van der Waals surface area contributed by atoms with Crippen LogP contribution in [0.3, 0.4) is 0 Å². The zero-order chi connectivity index (χ0) is 16.2. The van der Waals surface area contributed by atoms with Crippen LogP contribution < -0.4 is 4.90 Å². The zero-order valence-corrected chi connectivity index (χ0v) is 12.6. The third-order valence-corrected chi connectivity index (χ3v) is 3.17. The van der Waals surface area contributed by atoms with E-state index < -0.39 is 17.9 Å². The fourth-order valence-electron chi connectivity index (χ4n) is 2.07. The Morgan fingerprint density at radius 3 is 2.43 bits per heavy atom. The van der Waals surface area contributed by atoms with E-state index >= 15 is 0 Å². The number of anilines is 1. The van der Waals surface area contributed by atoms with Crippen molar-refractivity contribution in [1.82, 2.24) is 0 Å². The van der Waals surface area contributed by atoms with Crippen molar-refractivity contribution in [3.63, 3.8) is 0 Å². The van der Waals surface area contributed by atoms with Crippen molar-refractivity contribution in [1.29, 1.82) is 0 Å². The summed E-state index contributed by atoms with van der Waals surface area (Å²) in [6.07, 6.45) is 0. The molecule has 0 amide bonds. The number of aromatic carboxylic acids is 1. The number of carboxylic acid groups (broad SMARTS) is 2. The topological polar surface area (TPSA) is 77.8 Å². The van der Waals surface area contributed by atoms with Crippen molar-refractivity contribution in [3.8, 4) is 0 Å². The molecular formula is C16H21NO4. The molecule has 1 aromatic rings. The van der Waals surface area contributed by atoms with Gasteiger partial charge in [0, 0.05) is 18.8 Å². The number of rotatable bonds is 7.